The van der Waals surface area contributed by atoms with Crippen LogP contribution in [0.2, 0.25) is 0 Å². The fourth-order valence-corrected chi connectivity index (χ4v) is 4.74. The third-order valence-electron chi connectivity index (χ3n) is 7.45. The number of aliphatic hydroxyl groups is 1. The first-order chi connectivity index (χ1) is 20.7. The van der Waals surface area contributed by atoms with Gasteiger partial charge < -0.3 is 30.0 Å². The molecular weight excluding hydrogens is 588 g/mol. The normalized spacial score (nSPS) is 17.4. The molecule has 230 valence electrons. The van der Waals surface area contributed by atoms with Gasteiger partial charge in [0.05, 0.1) is 31.1 Å². The number of fused-ring (bicyclic) bond motifs is 1. The highest BCUT2D eigenvalue weighted by Crippen LogP contribution is 2.47. The van der Waals surface area contributed by atoms with E-state index in [1.54, 1.807) is 6.92 Å². The summed E-state index contributed by atoms with van der Waals surface area (Å²) >= 11 is 0. The van der Waals surface area contributed by atoms with E-state index in [0.717, 1.165) is 18.2 Å². The minimum absolute atomic E-state index is 0.0383. The molecule has 2 atom stereocenters. The van der Waals surface area contributed by atoms with Crippen molar-refractivity contribution in [2.75, 3.05) is 20.3 Å². The van der Waals surface area contributed by atoms with E-state index in [4.69, 9.17) is 19.6 Å². The van der Waals surface area contributed by atoms with Gasteiger partial charge in [-0.3, -0.25) is 9.59 Å². The first-order valence-corrected chi connectivity index (χ1v) is 13.1. The summed E-state index contributed by atoms with van der Waals surface area (Å²) in [7, 11) is 1.33. The molecule has 5 rings (SSSR count). The highest BCUT2D eigenvalue weighted by molar-refractivity contribution is 5.95. The summed E-state index contributed by atoms with van der Waals surface area (Å²) < 4.78 is 74.0. The zero-order valence-electron chi connectivity index (χ0n) is 23.6. The molecule has 44 heavy (non-hydrogen) atoms. The number of amides is 2. The fraction of sp³-hybridized carbons (Fsp3) is 0.267. The van der Waals surface area contributed by atoms with E-state index in [2.05, 4.69) is 15.3 Å². The Labute approximate surface area is 247 Å². The number of aromatic nitrogens is 2. The molecule has 0 saturated carbocycles. The van der Waals surface area contributed by atoms with Gasteiger partial charge in [-0.2, -0.15) is 13.2 Å². The number of rotatable bonds is 8. The lowest BCUT2D eigenvalue weighted by atomic mass is 9.81. The Morgan fingerprint density at radius 1 is 1.16 bits per heavy atom. The van der Waals surface area contributed by atoms with E-state index in [1.807, 2.05) is 0 Å². The number of aryl methyl sites for hydroxylation is 1. The van der Waals surface area contributed by atoms with Crippen LogP contribution in [0.5, 0.6) is 11.5 Å². The van der Waals surface area contributed by atoms with Gasteiger partial charge in [0.1, 0.15) is 40.8 Å². The quantitative estimate of drug-likeness (QED) is 0.250. The van der Waals surface area contributed by atoms with Gasteiger partial charge in [-0.1, -0.05) is 0 Å². The molecule has 10 nitrogen and oxygen atoms in total. The van der Waals surface area contributed by atoms with Gasteiger partial charge in [-0.15, -0.1) is 0 Å². The van der Waals surface area contributed by atoms with Gasteiger partial charge in [-0.05, 0) is 62.4 Å². The molecule has 2 amide bonds. The number of nitrogens with one attached hydrogen (secondary N) is 1. The van der Waals surface area contributed by atoms with Crippen LogP contribution in [0.4, 0.5) is 17.6 Å². The second-order valence-electron chi connectivity index (χ2n) is 10.5. The van der Waals surface area contributed by atoms with Crippen LogP contribution in [-0.4, -0.2) is 53.3 Å². The van der Waals surface area contributed by atoms with Gasteiger partial charge in [0, 0.05) is 16.7 Å². The SMILES string of the molecule is COc1cc(C(=O)NC[C@](O)(c2cc3c(c(-c4ccc(F)cc4)n2)OC[C@]3(C)C(N)=O)C(F)(F)F)ccc1-c1ncc(C)o1. The number of oxazole rings is 1. The van der Waals surface area contributed by atoms with Crippen molar-refractivity contribution in [3.8, 4) is 34.2 Å². The van der Waals surface area contributed by atoms with E-state index in [9.17, 15) is 32.3 Å². The van der Waals surface area contributed by atoms with Gasteiger partial charge in [0.2, 0.25) is 17.4 Å². The van der Waals surface area contributed by atoms with Crippen molar-refractivity contribution >= 4 is 11.8 Å². The molecule has 3 heterocycles. The Morgan fingerprint density at radius 3 is 2.45 bits per heavy atom. The summed E-state index contributed by atoms with van der Waals surface area (Å²) in [5.74, 6) is -1.60. The molecule has 0 fully saturated rings. The van der Waals surface area contributed by atoms with Crippen LogP contribution in [0.25, 0.3) is 22.7 Å². The van der Waals surface area contributed by atoms with E-state index in [0.29, 0.717) is 11.3 Å². The molecule has 0 spiro atoms. The zero-order valence-corrected chi connectivity index (χ0v) is 23.6. The molecule has 1 aliphatic heterocycles. The van der Waals surface area contributed by atoms with Crippen molar-refractivity contribution in [3.05, 3.63) is 83.1 Å². The lowest BCUT2D eigenvalue weighted by molar-refractivity contribution is -0.265. The van der Waals surface area contributed by atoms with Crippen molar-refractivity contribution in [2.45, 2.75) is 31.0 Å². The third kappa shape index (κ3) is 5.21. The Kier molecular flexibility index (Phi) is 7.58. The zero-order chi connectivity index (χ0) is 32.0. The molecule has 4 aromatic rings. The molecule has 0 saturated heterocycles. The second-order valence-corrected chi connectivity index (χ2v) is 10.5. The van der Waals surface area contributed by atoms with Crippen LogP contribution < -0.4 is 20.5 Å². The van der Waals surface area contributed by atoms with E-state index in [1.165, 1.54) is 50.6 Å². The average Bonchev–Trinajstić information content (AvgIpc) is 3.58. The Hall–Kier alpha value is -4.98. The number of pyridine rings is 1. The van der Waals surface area contributed by atoms with Crippen molar-refractivity contribution in [2.24, 2.45) is 5.73 Å². The molecule has 14 heteroatoms. The highest BCUT2D eigenvalue weighted by atomic mass is 19.4. The molecule has 2 aromatic carbocycles. The first kappa shape index (κ1) is 30.5. The standard InChI is InChI=1S/C30H26F4N4O6/c1-15-12-36-26(44-15)19-9-6-17(10-21(19)42-3)25(39)37-13-29(41,30(32,33)34)22-11-20-24(43-14-28(20,2)27(35)40)23(38-22)16-4-7-18(31)8-5-16/h4-12,41H,13-14H2,1-3H3,(H2,35,40)(H,37,39)/t28-,29-/m0/s1. The lowest BCUT2D eigenvalue weighted by Crippen LogP contribution is -2.51. The third-order valence-corrected chi connectivity index (χ3v) is 7.45. The largest absolute Gasteiger partial charge is 0.496 e. The molecular formula is C30H26F4N4O6. The number of hydrogen-bond donors (Lipinski definition) is 3. The van der Waals surface area contributed by atoms with Crippen LogP contribution >= 0.6 is 0 Å². The Balaban J connectivity index is 1.54. The van der Waals surface area contributed by atoms with E-state index < -0.39 is 47.1 Å². The number of nitrogens with two attached hydrogens (primary N) is 1. The Bertz CT molecular complexity index is 1760. The molecule has 4 N–H and O–H groups in total. The average molecular weight is 615 g/mol. The van der Waals surface area contributed by atoms with Crippen molar-refractivity contribution in [3.63, 3.8) is 0 Å². The summed E-state index contributed by atoms with van der Waals surface area (Å²) in [6.45, 7) is 1.40. The molecule has 0 aliphatic carbocycles. The summed E-state index contributed by atoms with van der Waals surface area (Å²) in [6, 6.07) is 9.61. The number of hydrogen-bond acceptors (Lipinski definition) is 8. The molecule has 2 aromatic heterocycles. The maximum atomic E-state index is 14.6. The minimum atomic E-state index is -5.37. The highest BCUT2D eigenvalue weighted by Gasteiger charge is 2.57. The van der Waals surface area contributed by atoms with Gasteiger partial charge in [0.15, 0.2) is 0 Å². The van der Waals surface area contributed by atoms with Crippen LogP contribution in [0.15, 0.2) is 59.1 Å². The molecule has 1 aliphatic rings. The molecule has 0 bridgehead atoms. The van der Waals surface area contributed by atoms with Crippen molar-refractivity contribution < 1.29 is 46.1 Å². The number of ether oxygens (including phenoxy) is 2. The number of benzene rings is 2. The van der Waals surface area contributed by atoms with Gasteiger partial charge in [-0.25, -0.2) is 14.4 Å². The monoisotopic (exact) mass is 614 g/mol. The van der Waals surface area contributed by atoms with Crippen LogP contribution in [0.3, 0.4) is 0 Å². The maximum Gasteiger partial charge on any atom is 0.424 e. The first-order valence-electron chi connectivity index (χ1n) is 13.1. The van der Waals surface area contributed by atoms with Gasteiger partial charge >= 0.3 is 6.18 Å². The van der Waals surface area contributed by atoms with Crippen LogP contribution in [0.1, 0.15) is 34.3 Å². The van der Waals surface area contributed by atoms with Crippen LogP contribution in [0, 0.1) is 12.7 Å². The number of primary amides is 1. The number of halogens is 4. The van der Waals surface area contributed by atoms with E-state index >= 15 is 0 Å². The number of methoxy groups -OCH3 is 1. The lowest BCUT2D eigenvalue weighted by Gasteiger charge is -2.31. The Morgan fingerprint density at radius 2 is 1.86 bits per heavy atom. The fourth-order valence-electron chi connectivity index (χ4n) is 4.74. The van der Waals surface area contributed by atoms with Crippen molar-refractivity contribution in [1.82, 2.24) is 15.3 Å². The topological polar surface area (TPSA) is 150 Å². The second kappa shape index (κ2) is 10.9. The summed E-state index contributed by atoms with van der Waals surface area (Å²) in [6.07, 6.45) is -3.88. The smallest absolute Gasteiger partial charge is 0.424 e. The number of nitrogens with zero attached hydrogens (tertiary/aromatic N) is 2. The van der Waals surface area contributed by atoms with Gasteiger partial charge in [0.25, 0.3) is 5.91 Å². The minimum Gasteiger partial charge on any atom is -0.496 e. The predicted molar refractivity (Wildman–Crippen MR) is 147 cm³/mol. The molecule has 0 unspecified atom stereocenters. The summed E-state index contributed by atoms with van der Waals surface area (Å²) in [5.41, 5.74) is -0.425. The van der Waals surface area contributed by atoms with Crippen LogP contribution in [-0.2, 0) is 15.8 Å². The number of alkyl halides is 3. The summed E-state index contributed by atoms with van der Waals surface area (Å²) in [4.78, 5) is 33.6. The predicted octanol–water partition coefficient (Wildman–Crippen LogP) is 4.18. The maximum absolute atomic E-state index is 14.6. The van der Waals surface area contributed by atoms with E-state index in [-0.39, 0.29) is 46.4 Å². The summed E-state index contributed by atoms with van der Waals surface area (Å²) in [5, 5.41) is 13.3. The number of carbonyl (C=O) groups excluding carboxylic acids is 2. The van der Waals surface area contributed by atoms with Crippen molar-refractivity contribution in [1.29, 1.82) is 0 Å². The number of carbonyl (C=O) groups is 2. The molecule has 0 radical (unpaired) electrons.